The van der Waals surface area contributed by atoms with Crippen molar-refractivity contribution in [3.63, 3.8) is 0 Å². The molecule has 0 bridgehead atoms. The minimum Gasteiger partial charge on any atom is -0.493 e. The number of carbonyl (C=O) groups is 1. The Hall–Kier alpha value is -2.17. The molecule has 20 heavy (non-hydrogen) atoms. The van der Waals surface area contributed by atoms with Crippen LogP contribution in [0.5, 0.6) is 11.5 Å². The smallest absolute Gasteiger partial charge is 0.332 e. The fraction of sp³-hybridized carbons (Fsp3) is 0.400. The lowest BCUT2D eigenvalue weighted by Crippen LogP contribution is -2.24. The largest absolute Gasteiger partial charge is 0.493 e. The Kier molecular flexibility index (Phi) is 4.50. The van der Waals surface area contributed by atoms with Gasteiger partial charge < -0.3 is 19.5 Å². The van der Waals surface area contributed by atoms with E-state index in [4.69, 9.17) is 14.2 Å². The molecule has 5 nitrogen and oxygen atoms in total. The number of fused-ring (bicyclic) bond motifs is 1. The molecule has 1 aliphatic heterocycles. The Bertz CT molecular complexity index is 537. The lowest BCUT2D eigenvalue weighted by Gasteiger charge is -2.22. The van der Waals surface area contributed by atoms with Crippen LogP contribution in [0.3, 0.4) is 0 Å². The van der Waals surface area contributed by atoms with Gasteiger partial charge >= 0.3 is 5.97 Å². The third kappa shape index (κ3) is 2.87. The summed E-state index contributed by atoms with van der Waals surface area (Å²) in [5.41, 5.74) is 2.82. The number of hydrogen-bond acceptors (Lipinski definition) is 5. The van der Waals surface area contributed by atoms with E-state index in [0.717, 1.165) is 29.8 Å². The molecule has 1 aromatic rings. The number of esters is 1. The summed E-state index contributed by atoms with van der Waals surface area (Å²) in [4.78, 5) is 11.6. The average Bonchev–Trinajstić information content (AvgIpc) is 2.46. The molecule has 1 aromatic carbocycles. The third-order valence-corrected chi connectivity index (χ3v) is 3.16. The van der Waals surface area contributed by atoms with Crippen LogP contribution in [-0.2, 0) is 16.0 Å². The van der Waals surface area contributed by atoms with Crippen LogP contribution in [0.2, 0.25) is 0 Å². The summed E-state index contributed by atoms with van der Waals surface area (Å²) in [6.07, 6.45) is 2.35. The molecular formula is C15H19NO4. The molecule has 0 unspecified atom stereocenters. The van der Waals surface area contributed by atoms with Crippen molar-refractivity contribution in [3.05, 3.63) is 29.3 Å². The van der Waals surface area contributed by atoms with E-state index in [1.165, 1.54) is 6.08 Å². The molecular weight excluding hydrogens is 258 g/mol. The zero-order chi connectivity index (χ0) is 14.5. The minimum atomic E-state index is -0.349. The summed E-state index contributed by atoms with van der Waals surface area (Å²) < 4.78 is 15.6. The van der Waals surface area contributed by atoms with Crippen LogP contribution in [0, 0.1) is 0 Å². The van der Waals surface area contributed by atoms with E-state index in [-0.39, 0.29) is 5.97 Å². The first-order chi connectivity index (χ1) is 9.69. The first-order valence-electron chi connectivity index (χ1n) is 6.57. The second-order valence-electron chi connectivity index (χ2n) is 4.35. The van der Waals surface area contributed by atoms with Gasteiger partial charge in [-0.15, -0.1) is 0 Å². The van der Waals surface area contributed by atoms with E-state index in [2.05, 4.69) is 5.32 Å². The van der Waals surface area contributed by atoms with Gasteiger partial charge in [-0.3, -0.25) is 0 Å². The van der Waals surface area contributed by atoms with E-state index in [9.17, 15) is 4.79 Å². The molecule has 0 saturated heterocycles. The molecule has 0 aliphatic carbocycles. The fourth-order valence-corrected chi connectivity index (χ4v) is 2.24. The summed E-state index contributed by atoms with van der Waals surface area (Å²) in [5, 5.41) is 3.22. The Morgan fingerprint density at radius 1 is 1.30 bits per heavy atom. The van der Waals surface area contributed by atoms with Gasteiger partial charge in [0.25, 0.3) is 0 Å². The predicted octanol–water partition coefficient (Wildman–Crippen LogP) is 1.75. The molecule has 0 radical (unpaired) electrons. The van der Waals surface area contributed by atoms with Crippen LogP contribution in [0.25, 0.3) is 5.70 Å². The monoisotopic (exact) mass is 277 g/mol. The van der Waals surface area contributed by atoms with Crippen LogP contribution in [0.1, 0.15) is 18.1 Å². The van der Waals surface area contributed by atoms with Gasteiger partial charge in [0.1, 0.15) is 0 Å². The van der Waals surface area contributed by atoms with Gasteiger partial charge in [0.15, 0.2) is 11.5 Å². The second kappa shape index (κ2) is 6.32. The van der Waals surface area contributed by atoms with Crippen LogP contribution in [0.4, 0.5) is 0 Å². The normalized spacial score (nSPS) is 15.2. The van der Waals surface area contributed by atoms with Gasteiger partial charge in [0.2, 0.25) is 0 Å². The summed E-state index contributed by atoms with van der Waals surface area (Å²) in [5.74, 6) is 0.992. The molecule has 1 heterocycles. The number of nitrogens with one attached hydrogen (secondary N) is 1. The van der Waals surface area contributed by atoms with Crippen molar-refractivity contribution >= 4 is 11.7 Å². The number of hydrogen-bond donors (Lipinski definition) is 1. The van der Waals surface area contributed by atoms with Gasteiger partial charge in [0, 0.05) is 23.9 Å². The standard InChI is InChI=1S/C15H19NO4/c1-4-20-15(17)9-12-11-8-14(19-3)13(18-2)7-10(11)5-6-16-12/h7-9,16H,4-6H2,1-3H3/b12-9+. The van der Waals surface area contributed by atoms with Crippen LogP contribution in [0.15, 0.2) is 18.2 Å². The molecule has 108 valence electrons. The highest BCUT2D eigenvalue weighted by Gasteiger charge is 2.18. The highest BCUT2D eigenvalue weighted by molar-refractivity contribution is 5.92. The molecule has 1 N–H and O–H groups in total. The van der Waals surface area contributed by atoms with Gasteiger partial charge in [-0.05, 0) is 31.0 Å². The lowest BCUT2D eigenvalue weighted by molar-refractivity contribution is -0.137. The first kappa shape index (κ1) is 14.2. The Morgan fingerprint density at radius 2 is 2.00 bits per heavy atom. The fourth-order valence-electron chi connectivity index (χ4n) is 2.24. The van der Waals surface area contributed by atoms with E-state index >= 15 is 0 Å². The Labute approximate surface area is 118 Å². The summed E-state index contributed by atoms with van der Waals surface area (Å²) in [7, 11) is 3.20. The molecule has 5 heteroatoms. The second-order valence-corrected chi connectivity index (χ2v) is 4.35. The van der Waals surface area contributed by atoms with E-state index < -0.39 is 0 Å². The maximum Gasteiger partial charge on any atom is 0.332 e. The summed E-state index contributed by atoms with van der Waals surface area (Å²) in [6.45, 7) is 2.92. The maximum atomic E-state index is 11.6. The highest BCUT2D eigenvalue weighted by atomic mass is 16.5. The maximum absolute atomic E-state index is 11.6. The minimum absolute atomic E-state index is 0.349. The summed E-state index contributed by atoms with van der Waals surface area (Å²) in [6, 6.07) is 3.83. The number of rotatable bonds is 4. The van der Waals surface area contributed by atoms with Crippen LogP contribution in [-0.4, -0.2) is 33.3 Å². The van der Waals surface area contributed by atoms with Gasteiger partial charge in [-0.2, -0.15) is 0 Å². The SMILES string of the molecule is CCOC(=O)/C=C1/NCCc2cc(OC)c(OC)cc21. The van der Waals surface area contributed by atoms with Crippen molar-refractivity contribution in [2.24, 2.45) is 0 Å². The topological polar surface area (TPSA) is 56.8 Å². The van der Waals surface area contributed by atoms with Crippen molar-refractivity contribution < 1.29 is 19.0 Å². The lowest BCUT2D eigenvalue weighted by atomic mass is 9.97. The average molecular weight is 277 g/mol. The number of methoxy groups -OCH3 is 2. The number of ether oxygens (including phenoxy) is 3. The highest BCUT2D eigenvalue weighted by Crippen LogP contribution is 2.34. The first-order valence-corrected chi connectivity index (χ1v) is 6.57. The molecule has 0 amide bonds. The van der Waals surface area contributed by atoms with Crippen LogP contribution < -0.4 is 14.8 Å². The van der Waals surface area contributed by atoms with E-state index in [0.29, 0.717) is 18.1 Å². The van der Waals surface area contributed by atoms with E-state index in [1.54, 1.807) is 21.1 Å². The zero-order valence-corrected chi connectivity index (χ0v) is 12.0. The zero-order valence-electron chi connectivity index (χ0n) is 12.0. The Morgan fingerprint density at radius 3 is 2.65 bits per heavy atom. The van der Waals surface area contributed by atoms with Crippen molar-refractivity contribution in [2.75, 3.05) is 27.4 Å². The molecule has 0 aromatic heterocycles. The van der Waals surface area contributed by atoms with Crippen molar-refractivity contribution in [1.82, 2.24) is 5.32 Å². The van der Waals surface area contributed by atoms with Gasteiger partial charge in [-0.1, -0.05) is 0 Å². The molecule has 0 fully saturated rings. The molecule has 1 aliphatic rings. The van der Waals surface area contributed by atoms with Crippen molar-refractivity contribution in [2.45, 2.75) is 13.3 Å². The third-order valence-electron chi connectivity index (χ3n) is 3.16. The van der Waals surface area contributed by atoms with Crippen molar-refractivity contribution in [3.8, 4) is 11.5 Å². The van der Waals surface area contributed by atoms with Gasteiger partial charge in [-0.25, -0.2) is 4.79 Å². The predicted molar refractivity (Wildman–Crippen MR) is 75.9 cm³/mol. The quantitative estimate of drug-likeness (QED) is 0.671. The summed E-state index contributed by atoms with van der Waals surface area (Å²) >= 11 is 0. The number of carbonyl (C=O) groups excluding carboxylic acids is 1. The van der Waals surface area contributed by atoms with Crippen LogP contribution >= 0.6 is 0 Å². The Balaban J connectivity index is 2.42. The van der Waals surface area contributed by atoms with E-state index in [1.807, 2.05) is 12.1 Å². The molecule has 2 rings (SSSR count). The number of benzene rings is 1. The van der Waals surface area contributed by atoms with Crippen molar-refractivity contribution in [1.29, 1.82) is 0 Å². The van der Waals surface area contributed by atoms with Gasteiger partial charge in [0.05, 0.1) is 20.8 Å². The molecule has 0 spiro atoms. The molecule has 0 saturated carbocycles. The molecule has 0 atom stereocenters.